The molecular formula is C13H17ClO2. The van der Waals surface area contributed by atoms with Gasteiger partial charge in [-0.2, -0.15) is 0 Å². The Hall–Kier alpha value is -1.02. The number of ketones is 1. The Morgan fingerprint density at radius 2 is 2.00 bits per heavy atom. The van der Waals surface area contributed by atoms with Crippen molar-refractivity contribution in [3.05, 3.63) is 28.8 Å². The van der Waals surface area contributed by atoms with Gasteiger partial charge in [-0.15, -0.1) is 0 Å². The Labute approximate surface area is 102 Å². The normalized spacial score (nSPS) is 10.6. The van der Waals surface area contributed by atoms with Gasteiger partial charge in [-0.1, -0.05) is 25.4 Å². The molecule has 0 aromatic heterocycles. The molecule has 1 rings (SSSR count). The lowest BCUT2D eigenvalue weighted by molar-refractivity contribution is 0.0913. The second-order valence-electron chi connectivity index (χ2n) is 3.73. The van der Waals surface area contributed by atoms with E-state index < -0.39 is 0 Å². The third-order valence-corrected chi connectivity index (χ3v) is 3.10. The summed E-state index contributed by atoms with van der Waals surface area (Å²) >= 11 is 5.91. The van der Waals surface area contributed by atoms with Gasteiger partial charge in [0.05, 0.1) is 12.1 Å². The van der Waals surface area contributed by atoms with Crippen LogP contribution >= 0.6 is 11.6 Å². The zero-order chi connectivity index (χ0) is 12.1. The highest BCUT2D eigenvalue weighted by molar-refractivity contribution is 6.32. The molecule has 0 saturated carbocycles. The summed E-state index contributed by atoms with van der Waals surface area (Å²) in [5.74, 6) is 0.810. The van der Waals surface area contributed by atoms with Gasteiger partial charge in [-0.3, -0.25) is 4.79 Å². The summed E-state index contributed by atoms with van der Waals surface area (Å²) in [7, 11) is 1.55. The van der Waals surface area contributed by atoms with Crippen molar-refractivity contribution >= 4 is 17.4 Å². The summed E-state index contributed by atoms with van der Waals surface area (Å²) < 4.78 is 5.10. The lowest BCUT2D eigenvalue weighted by atomic mass is 9.93. The molecule has 2 nitrogen and oxygen atoms in total. The van der Waals surface area contributed by atoms with E-state index in [1.54, 1.807) is 25.3 Å². The third kappa shape index (κ3) is 2.76. The molecule has 0 N–H and O–H groups in total. The highest BCUT2D eigenvalue weighted by Crippen LogP contribution is 2.27. The SMILES string of the molecule is CCC(CC)C(=O)c1ccc(Cl)c(OC)c1. The van der Waals surface area contributed by atoms with Crippen LogP contribution in [0, 0.1) is 5.92 Å². The van der Waals surface area contributed by atoms with Crippen molar-refractivity contribution in [3.8, 4) is 5.75 Å². The van der Waals surface area contributed by atoms with Gasteiger partial charge in [-0.25, -0.2) is 0 Å². The molecular weight excluding hydrogens is 224 g/mol. The molecule has 0 aliphatic carbocycles. The van der Waals surface area contributed by atoms with Crippen LogP contribution < -0.4 is 4.74 Å². The first-order valence-electron chi connectivity index (χ1n) is 5.51. The van der Waals surface area contributed by atoms with Crippen molar-refractivity contribution in [1.29, 1.82) is 0 Å². The zero-order valence-corrected chi connectivity index (χ0v) is 10.7. The lowest BCUT2D eigenvalue weighted by Gasteiger charge is -2.12. The fourth-order valence-corrected chi connectivity index (χ4v) is 1.90. The number of carbonyl (C=O) groups excluding carboxylic acids is 1. The fraction of sp³-hybridized carbons (Fsp3) is 0.462. The molecule has 0 fully saturated rings. The van der Waals surface area contributed by atoms with E-state index in [-0.39, 0.29) is 11.7 Å². The Morgan fingerprint density at radius 3 is 2.50 bits per heavy atom. The average molecular weight is 241 g/mol. The van der Waals surface area contributed by atoms with Crippen LogP contribution in [0.4, 0.5) is 0 Å². The van der Waals surface area contributed by atoms with Crippen LogP contribution in [0.25, 0.3) is 0 Å². The second-order valence-corrected chi connectivity index (χ2v) is 4.13. The van der Waals surface area contributed by atoms with E-state index in [9.17, 15) is 4.79 Å². The van der Waals surface area contributed by atoms with Gasteiger partial charge in [0.15, 0.2) is 5.78 Å². The van der Waals surface area contributed by atoms with E-state index in [1.807, 2.05) is 13.8 Å². The fourth-order valence-electron chi connectivity index (χ4n) is 1.71. The van der Waals surface area contributed by atoms with Crippen molar-refractivity contribution in [3.63, 3.8) is 0 Å². The number of hydrogen-bond acceptors (Lipinski definition) is 2. The molecule has 0 saturated heterocycles. The number of rotatable bonds is 5. The predicted octanol–water partition coefficient (Wildman–Crippen LogP) is 3.97. The molecule has 0 spiro atoms. The van der Waals surface area contributed by atoms with Gasteiger partial charge >= 0.3 is 0 Å². The molecule has 0 heterocycles. The van der Waals surface area contributed by atoms with Crippen LogP contribution in [0.1, 0.15) is 37.0 Å². The van der Waals surface area contributed by atoms with E-state index in [0.717, 1.165) is 12.8 Å². The Balaban J connectivity index is 3.00. The number of carbonyl (C=O) groups is 1. The molecule has 0 unspecified atom stereocenters. The number of ether oxygens (including phenoxy) is 1. The largest absolute Gasteiger partial charge is 0.495 e. The van der Waals surface area contributed by atoms with Crippen molar-refractivity contribution in [1.82, 2.24) is 0 Å². The average Bonchev–Trinajstić information content (AvgIpc) is 2.31. The van der Waals surface area contributed by atoms with Gasteiger partial charge in [0, 0.05) is 11.5 Å². The van der Waals surface area contributed by atoms with Crippen LogP contribution in [-0.4, -0.2) is 12.9 Å². The van der Waals surface area contributed by atoms with E-state index >= 15 is 0 Å². The predicted molar refractivity (Wildman–Crippen MR) is 66.4 cm³/mol. The molecule has 0 amide bonds. The molecule has 0 aliphatic heterocycles. The zero-order valence-electron chi connectivity index (χ0n) is 9.92. The van der Waals surface area contributed by atoms with Crippen LogP contribution in [0.5, 0.6) is 5.75 Å². The molecule has 1 aromatic carbocycles. The third-order valence-electron chi connectivity index (χ3n) is 2.79. The standard InChI is InChI=1S/C13H17ClO2/c1-4-9(5-2)13(15)10-6-7-11(14)12(8-10)16-3/h6-9H,4-5H2,1-3H3. The van der Waals surface area contributed by atoms with E-state index in [4.69, 9.17) is 16.3 Å². The summed E-state index contributed by atoms with van der Waals surface area (Å²) in [4.78, 5) is 12.1. The van der Waals surface area contributed by atoms with Crippen molar-refractivity contribution < 1.29 is 9.53 Å². The summed E-state index contributed by atoms with van der Waals surface area (Å²) in [5, 5.41) is 0.531. The second kappa shape index (κ2) is 5.90. The minimum atomic E-state index is 0.0888. The van der Waals surface area contributed by atoms with Gasteiger partial charge in [0.1, 0.15) is 5.75 Å². The summed E-state index contributed by atoms with van der Waals surface area (Å²) in [6, 6.07) is 5.17. The van der Waals surface area contributed by atoms with Crippen LogP contribution in [0.3, 0.4) is 0 Å². The van der Waals surface area contributed by atoms with Gasteiger partial charge in [0.25, 0.3) is 0 Å². The first-order chi connectivity index (χ1) is 7.63. The summed E-state index contributed by atoms with van der Waals surface area (Å²) in [6.45, 7) is 4.05. The smallest absolute Gasteiger partial charge is 0.166 e. The minimum absolute atomic E-state index is 0.0888. The molecule has 3 heteroatoms. The maximum atomic E-state index is 12.1. The first kappa shape index (κ1) is 13.0. The number of hydrogen-bond donors (Lipinski definition) is 0. The highest BCUT2D eigenvalue weighted by Gasteiger charge is 2.17. The number of halogens is 1. The topological polar surface area (TPSA) is 26.3 Å². The quantitative estimate of drug-likeness (QED) is 0.728. The summed E-state index contributed by atoms with van der Waals surface area (Å²) in [5.41, 5.74) is 0.676. The van der Waals surface area contributed by atoms with Crippen LogP contribution in [0.2, 0.25) is 5.02 Å². The molecule has 0 aliphatic rings. The van der Waals surface area contributed by atoms with E-state index in [2.05, 4.69) is 0 Å². The van der Waals surface area contributed by atoms with Gasteiger partial charge in [-0.05, 0) is 31.0 Å². The van der Waals surface area contributed by atoms with E-state index in [1.165, 1.54) is 0 Å². The molecule has 88 valence electrons. The number of Topliss-reactive ketones (excluding diaryl/α,β-unsaturated/α-hetero) is 1. The van der Waals surface area contributed by atoms with E-state index in [0.29, 0.717) is 16.3 Å². The summed E-state index contributed by atoms with van der Waals surface area (Å²) in [6.07, 6.45) is 1.72. The molecule has 0 radical (unpaired) electrons. The van der Waals surface area contributed by atoms with Gasteiger partial charge in [0.2, 0.25) is 0 Å². The first-order valence-corrected chi connectivity index (χ1v) is 5.89. The lowest BCUT2D eigenvalue weighted by Crippen LogP contribution is -2.13. The van der Waals surface area contributed by atoms with Crippen LogP contribution in [-0.2, 0) is 0 Å². The Morgan fingerprint density at radius 1 is 1.38 bits per heavy atom. The molecule has 16 heavy (non-hydrogen) atoms. The molecule has 1 aromatic rings. The minimum Gasteiger partial charge on any atom is -0.495 e. The Bertz CT molecular complexity index is 370. The highest BCUT2D eigenvalue weighted by atomic mass is 35.5. The molecule has 0 bridgehead atoms. The Kier molecular flexibility index (Phi) is 4.81. The van der Waals surface area contributed by atoms with Crippen molar-refractivity contribution in [2.24, 2.45) is 5.92 Å². The number of benzene rings is 1. The number of methoxy groups -OCH3 is 1. The van der Waals surface area contributed by atoms with Crippen LogP contribution in [0.15, 0.2) is 18.2 Å². The maximum absolute atomic E-state index is 12.1. The van der Waals surface area contributed by atoms with Gasteiger partial charge < -0.3 is 4.74 Å². The van der Waals surface area contributed by atoms with Crippen molar-refractivity contribution in [2.75, 3.05) is 7.11 Å². The molecule has 0 atom stereocenters. The monoisotopic (exact) mass is 240 g/mol. The van der Waals surface area contributed by atoms with Crippen molar-refractivity contribution in [2.45, 2.75) is 26.7 Å². The maximum Gasteiger partial charge on any atom is 0.166 e.